The molecule has 2 N–H and O–H groups in total. The average molecular weight is 194 g/mol. The van der Waals surface area contributed by atoms with E-state index in [2.05, 4.69) is 20.8 Å². The van der Waals surface area contributed by atoms with Gasteiger partial charge in [0.2, 0.25) is 5.43 Å². The molecule has 78 valence electrons. The highest BCUT2D eigenvalue weighted by molar-refractivity contribution is 5.33. The van der Waals surface area contributed by atoms with Crippen LogP contribution in [0.2, 0.25) is 0 Å². The highest BCUT2D eigenvalue weighted by atomic mass is 16.1. The maximum Gasteiger partial charge on any atom is 0.204 e. The van der Waals surface area contributed by atoms with Crippen LogP contribution in [0.25, 0.3) is 0 Å². The molecule has 3 heteroatoms. The molecule has 0 spiro atoms. The van der Waals surface area contributed by atoms with E-state index in [0.717, 1.165) is 6.42 Å². The van der Waals surface area contributed by atoms with E-state index < -0.39 is 0 Å². The van der Waals surface area contributed by atoms with Gasteiger partial charge in [0.1, 0.15) is 0 Å². The highest BCUT2D eigenvalue weighted by Gasteiger charge is 2.11. The Morgan fingerprint density at radius 1 is 1.50 bits per heavy atom. The van der Waals surface area contributed by atoms with E-state index in [0.29, 0.717) is 17.6 Å². The number of pyridine rings is 1. The van der Waals surface area contributed by atoms with E-state index in [1.165, 1.54) is 6.07 Å². The quantitative estimate of drug-likeness (QED) is 0.800. The summed E-state index contributed by atoms with van der Waals surface area (Å²) in [7, 11) is 0. The van der Waals surface area contributed by atoms with Crippen molar-refractivity contribution in [2.45, 2.75) is 33.2 Å². The molecule has 0 bridgehead atoms. The SMILES string of the molecule is CCC(C)C(C)n1ccc(=O)c(N)c1. The zero-order chi connectivity index (χ0) is 10.7. The van der Waals surface area contributed by atoms with Crippen molar-refractivity contribution in [2.24, 2.45) is 5.92 Å². The monoisotopic (exact) mass is 194 g/mol. The number of rotatable bonds is 3. The summed E-state index contributed by atoms with van der Waals surface area (Å²) in [6.45, 7) is 6.49. The van der Waals surface area contributed by atoms with Gasteiger partial charge in [-0.25, -0.2) is 0 Å². The fourth-order valence-electron chi connectivity index (χ4n) is 1.41. The van der Waals surface area contributed by atoms with E-state index in [1.54, 1.807) is 12.4 Å². The first-order valence-electron chi connectivity index (χ1n) is 5.03. The third kappa shape index (κ3) is 2.16. The van der Waals surface area contributed by atoms with Crippen molar-refractivity contribution >= 4 is 5.69 Å². The Balaban J connectivity index is 2.96. The van der Waals surface area contributed by atoms with Crippen LogP contribution >= 0.6 is 0 Å². The number of nitrogens with two attached hydrogens (primary N) is 1. The molecule has 14 heavy (non-hydrogen) atoms. The maximum atomic E-state index is 11.1. The van der Waals surface area contributed by atoms with E-state index in [9.17, 15) is 4.79 Å². The normalized spacial score (nSPS) is 15.1. The van der Waals surface area contributed by atoms with Gasteiger partial charge in [-0.15, -0.1) is 0 Å². The molecule has 0 aromatic carbocycles. The molecule has 0 aliphatic carbocycles. The van der Waals surface area contributed by atoms with Crippen LogP contribution in [0.5, 0.6) is 0 Å². The van der Waals surface area contributed by atoms with Crippen LogP contribution in [0, 0.1) is 5.92 Å². The van der Waals surface area contributed by atoms with Gasteiger partial charge >= 0.3 is 0 Å². The first-order valence-corrected chi connectivity index (χ1v) is 5.03. The standard InChI is InChI=1S/C11H18N2O/c1-4-8(2)9(3)13-6-5-11(14)10(12)7-13/h5-9H,4,12H2,1-3H3. The summed E-state index contributed by atoms with van der Waals surface area (Å²) in [6, 6.07) is 1.90. The van der Waals surface area contributed by atoms with Gasteiger partial charge in [0.25, 0.3) is 0 Å². The lowest BCUT2D eigenvalue weighted by Gasteiger charge is -2.21. The van der Waals surface area contributed by atoms with Crippen molar-refractivity contribution in [3.63, 3.8) is 0 Å². The summed E-state index contributed by atoms with van der Waals surface area (Å²) in [4.78, 5) is 11.1. The first kappa shape index (κ1) is 10.8. The van der Waals surface area contributed by atoms with Gasteiger partial charge in [-0.2, -0.15) is 0 Å². The van der Waals surface area contributed by atoms with Gasteiger partial charge in [0.05, 0.1) is 5.69 Å². The molecule has 2 atom stereocenters. The molecular weight excluding hydrogens is 176 g/mol. The summed E-state index contributed by atoms with van der Waals surface area (Å²) >= 11 is 0. The van der Waals surface area contributed by atoms with Crippen LogP contribution in [0.1, 0.15) is 33.2 Å². The second-order valence-corrected chi connectivity index (χ2v) is 3.84. The zero-order valence-electron chi connectivity index (χ0n) is 9.03. The lowest BCUT2D eigenvalue weighted by Crippen LogP contribution is -2.17. The number of nitrogens with zero attached hydrogens (tertiary/aromatic N) is 1. The van der Waals surface area contributed by atoms with Crippen LogP contribution in [-0.4, -0.2) is 4.57 Å². The van der Waals surface area contributed by atoms with Crippen molar-refractivity contribution in [3.05, 3.63) is 28.7 Å². The van der Waals surface area contributed by atoms with E-state index in [4.69, 9.17) is 5.73 Å². The van der Waals surface area contributed by atoms with Gasteiger partial charge in [0, 0.05) is 24.5 Å². The van der Waals surface area contributed by atoms with Crippen LogP contribution in [0.15, 0.2) is 23.3 Å². The van der Waals surface area contributed by atoms with Crippen LogP contribution in [0.3, 0.4) is 0 Å². The number of aromatic nitrogens is 1. The van der Waals surface area contributed by atoms with Crippen LogP contribution in [0.4, 0.5) is 5.69 Å². The summed E-state index contributed by atoms with van der Waals surface area (Å²) in [6.07, 6.45) is 4.64. The Labute approximate surface area is 84.6 Å². The van der Waals surface area contributed by atoms with Crippen molar-refractivity contribution in [2.75, 3.05) is 5.73 Å². The zero-order valence-corrected chi connectivity index (χ0v) is 9.03. The second kappa shape index (κ2) is 4.31. The number of hydrogen-bond donors (Lipinski definition) is 1. The van der Waals surface area contributed by atoms with Gasteiger partial charge in [0.15, 0.2) is 0 Å². The Morgan fingerprint density at radius 2 is 2.14 bits per heavy atom. The summed E-state index contributed by atoms with van der Waals surface area (Å²) in [5.74, 6) is 0.580. The van der Waals surface area contributed by atoms with E-state index in [1.807, 2.05) is 4.57 Å². The lowest BCUT2D eigenvalue weighted by atomic mass is 10.0. The maximum absolute atomic E-state index is 11.1. The van der Waals surface area contributed by atoms with Crippen LogP contribution < -0.4 is 11.2 Å². The highest BCUT2D eigenvalue weighted by Crippen LogP contribution is 2.19. The third-order valence-corrected chi connectivity index (χ3v) is 2.91. The number of anilines is 1. The fraction of sp³-hybridized carbons (Fsp3) is 0.545. The first-order chi connectivity index (χ1) is 6.56. The predicted molar refractivity (Wildman–Crippen MR) is 59.3 cm³/mol. The second-order valence-electron chi connectivity index (χ2n) is 3.84. The van der Waals surface area contributed by atoms with Gasteiger partial charge in [-0.3, -0.25) is 4.79 Å². The molecule has 0 saturated heterocycles. The molecule has 0 aliphatic heterocycles. The largest absolute Gasteiger partial charge is 0.394 e. The van der Waals surface area contributed by atoms with Crippen molar-refractivity contribution in [3.8, 4) is 0 Å². The molecule has 0 fully saturated rings. The molecule has 0 saturated carbocycles. The Morgan fingerprint density at radius 3 is 2.64 bits per heavy atom. The average Bonchev–Trinajstić information content (AvgIpc) is 2.20. The summed E-state index contributed by atoms with van der Waals surface area (Å²) in [5.41, 5.74) is 5.79. The Kier molecular flexibility index (Phi) is 3.33. The Bertz CT molecular complexity index is 357. The lowest BCUT2D eigenvalue weighted by molar-refractivity contribution is 0.369. The minimum atomic E-state index is -0.0994. The molecule has 2 unspecified atom stereocenters. The van der Waals surface area contributed by atoms with Crippen LogP contribution in [-0.2, 0) is 0 Å². The molecule has 1 heterocycles. The smallest absolute Gasteiger partial charge is 0.204 e. The van der Waals surface area contributed by atoms with Gasteiger partial charge in [-0.05, 0) is 12.8 Å². The molecule has 0 aliphatic rings. The van der Waals surface area contributed by atoms with Crippen molar-refractivity contribution in [1.82, 2.24) is 4.57 Å². The van der Waals surface area contributed by atoms with Gasteiger partial charge in [-0.1, -0.05) is 20.3 Å². The van der Waals surface area contributed by atoms with E-state index in [-0.39, 0.29) is 5.43 Å². The molecule has 3 nitrogen and oxygen atoms in total. The molecule has 1 aromatic heterocycles. The predicted octanol–water partition coefficient (Wildman–Crippen LogP) is 2.04. The van der Waals surface area contributed by atoms with Crippen molar-refractivity contribution in [1.29, 1.82) is 0 Å². The molecule has 1 aromatic rings. The molecule has 1 rings (SSSR count). The summed E-state index contributed by atoms with van der Waals surface area (Å²) in [5, 5.41) is 0. The fourth-order valence-corrected chi connectivity index (χ4v) is 1.41. The van der Waals surface area contributed by atoms with Gasteiger partial charge < -0.3 is 10.3 Å². The molecular formula is C11H18N2O. The minimum Gasteiger partial charge on any atom is -0.394 e. The molecule has 0 amide bonds. The number of nitrogen functional groups attached to an aromatic ring is 1. The van der Waals surface area contributed by atoms with Crippen molar-refractivity contribution < 1.29 is 0 Å². The topological polar surface area (TPSA) is 48.0 Å². The van der Waals surface area contributed by atoms with E-state index >= 15 is 0 Å². The third-order valence-electron chi connectivity index (χ3n) is 2.91. The minimum absolute atomic E-state index is 0.0994. The Hall–Kier alpha value is -1.25. The summed E-state index contributed by atoms with van der Waals surface area (Å²) < 4.78 is 2.00. The number of hydrogen-bond acceptors (Lipinski definition) is 2. The molecule has 0 radical (unpaired) electrons.